The molecule has 1 aliphatic heterocycles. The van der Waals surface area contributed by atoms with Crippen molar-refractivity contribution < 1.29 is 62.2 Å². The molecule has 9 rings (SSSR count). The van der Waals surface area contributed by atoms with Crippen LogP contribution in [0, 0.1) is 29.2 Å². The van der Waals surface area contributed by atoms with E-state index in [9.17, 15) is 53.2 Å². The summed E-state index contributed by atoms with van der Waals surface area (Å²) in [5.41, 5.74) is -5.18. The van der Waals surface area contributed by atoms with Gasteiger partial charge in [-0.1, -0.05) is 12.1 Å². The van der Waals surface area contributed by atoms with Crippen LogP contribution in [0.2, 0.25) is 0 Å². The lowest BCUT2D eigenvalue weighted by Crippen LogP contribution is -2.49. The predicted octanol–water partition coefficient (Wildman–Crippen LogP) is 6.02. The molecule has 0 radical (unpaired) electrons. The summed E-state index contributed by atoms with van der Waals surface area (Å²) in [7, 11) is -7.92. The van der Waals surface area contributed by atoms with Crippen LogP contribution in [0.25, 0.3) is 27.4 Å². The van der Waals surface area contributed by atoms with Crippen LogP contribution in [-0.2, 0) is 51.0 Å². The first-order valence-corrected chi connectivity index (χ1v) is 24.4. The maximum atomic E-state index is 14.5. The number of rotatable bonds is 14. The van der Waals surface area contributed by atoms with Gasteiger partial charge in [0, 0.05) is 36.5 Å². The van der Waals surface area contributed by atoms with E-state index >= 15 is 0 Å². The van der Waals surface area contributed by atoms with Crippen LogP contribution in [0.5, 0.6) is 0 Å². The maximum Gasteiger partial charge on any atom is 0.417 e. The quantitative estimate of drug-likeness (QED) is 0.0841. The summed E-state index contributed by atoms with van der Waals surface area (Å²) in [6.07, 6.45) is -8.45. The molecule has 2 unspecified atom stereocenters. The second-order valence-corrected chi connectivity index (χ2v) is 22.2. The SMILES string of the molecule is CO[C@@H]1CC(S(=O)(=O)c2ccc(-c3ccn[nH]3)cc2C(F)(F)F)C[C@H]1C1(NC2(C#[N+]CO[C@H]3C[C@@H](S(=O)(=O)c4ccc(-c5ccn[nH]5)cc4C(F)(F)F)C[C@@H]3C(=O)NC3(C#N)CC3)CC2)CO1. The monoisotopic (exact) mass is 977 g/mol. The molecule has 5 fully saturated rings. The molecular weight excluding hydrogens is 935 g/mol. The van der Waals surface area contributed by atoms with Gasteiger partial charge >= 0.3 is 19.1 Å². The smallest absolute Gasteiger partial charge is 0.381 e. The molecule has 4 aliphatic carbocycles. The number of halogens is 6. The number of amides is 1. The van der Waals surface area contributed by atoms with Gasteiger partial charge in [-0.2, -0.15) is 41.8 Å². The molecule has 2 aromatic heterocycles. The first-order chi connectivity index (χ1) is 31.6. The van der Waals surface area contributed by atoms with Gasteiger partial charge in [0.15, 0.2) is 25.2 Å². The van der Waals surface area contributed by atoms with Gasteiger partial charge in [0.05, 0.1) is 73.6 Å². The second-order valence-electron chi connectivity index (χ2n) is 17.8. The van der Waals surface area contributed by atoms with Gasteiger partial charge in [-0.25, -0.2) is 16.8 Å². The Bertz CT molecular complexity index is 2880. The second kappa shape index (κ2) is 16.7. The summed E-state index contributed by atoms with van der Waals surface area (Å²) < 4.78 is 160. The minimum atomic E-state index is -5.06. The molecule has 4 saturated carbocycles. The number of hydrogen-bond acceptors (Lipinski definition) is 12. The molecule has 16 nitrogen and oxygen atoms in total. The normalized spacial score (nSPS) is 27.4. The summed E-state index contributed by atoms with van der Waals surface area (Å²) in [4.78, 5) is 16.1. The van der Waals surface area contributed by atoms with Crippen LogP contribution in [-0.4, -0.2) is 103 Å². The van der Waals surface area contributed by atoms with Gasteiger partial charge < -0.3 is 19.5 Å². The third-order valence-corrected chi connectivity index (χ3v) is 17.9. The number of aromatic amines is 2. The highest BCUT2D eigenvalue weighted by atomic mass is 32.2. The Morgan fingerprint density at radius 2 is 1.34 bits per heavy atom. The highest BCUT2D eigenvalue weighted by molar-refractivity contribution is 7.92. The Kier molecular flexibility index (Phi) is 11.6. The number of ether oxygens (including phenoxy) is 3. The summed E-state index contributed by atoms with van der Waals surface area (Å²) in [6, 6.07) is 13.8. The Labute approximate surface area is 379 Å². The van der Waals surface area contributed by atoms with Crippen molar-refractivity contribution in [2.75, 3.05) is 20.4 Å². The van der Waals surface area contributed by atoms with Gasteiger partial charge in [-0.15, -0.1) is 0 Å². The van der Waals surface area contributed by atoms with E-state index in [1.807, 2.05) is 6.07 Å². The molecule has 3 heterocycles. The van der Waals surface area contributed by atoms with Crippen LogP contribution in [0.15, 0.2) is 70.7 Å². The number of H-pyrrole nitrogens is 2. The zero-order chi connectivity index (χ0) is 47.8. The summed E-state index contributed by atoms with van der Waals surface area (Å²) in [5.74, 6) is -2.47. The van der Waals surface area contributed by atoms with Crippen molar-refractivity contribution in [3.05, 3.63) is 76.9 Å². The number of methoxy groups -OCH3 is 1. The zero-order valence-corrected chi connectivity index (χ0v) is 37.1. The fourth-order valence-electron chi connectivity index (χ4n) is 9.44. The lowest BCUT2D eigenvalue weighted by molar-refractivity contribution is -0.140. The van der Waals surface area contributed by atoms with E-state index in [0.717, 1.165) is 24.3 Å². The number of carbonyl (C=O) groups is 1. The number of epoxide rings is 1. The molecule has 1 amide bonds. The highest BCUT2D eigenvalue weighted by Gasteiger charge is 2.65. The molecule has 1 saturated heterocycles. The van der Waals surface area contributed by atoms with E-state index in [1.54, 1.807) is 0 Å². The van der Waals surface area contributed by atoms with Gasteiger partial charge in [-0.3, -0.25) is 20.3 Å². The van der Waals surface area contributed by atoms with E-state index in [-0.39, 0.29) is 48.4 Å². The van der Waals surface area contributed by atoms with Crippen molar-refractivity contribution in [1.82, 2.24) is 31.0 Å². The molecule has 4 N–H and O–H groups in total. The van der Waals surface area contributed by atoms with Crippen molar-refractivity contribution in [1.29, 1.82) is 5.26 Å². The van der Waals surface area contributed by atoms with Crippen LogP contribution >= 0.6 is 0 Å². The third kappa shape index (κ3) is 9.06. The zero-order valence-electron chi connectivity index (χ0n) is 35.4. The third-order valence-electron chi connectivity index (χ3n) is 13.5. The Balaban J connectivity index is 0.900. The number of nitriles is 1. The molecule has 0 spiro atoms. The molecule has 356 valence electrons. The Morgan fingerprint density at radius 3 is 1.79 bits per heavy atom. The molecule has 67 heavy (non-hydrogen) atoms. The van der Waals surface area contributed by atoms with Gasteiger partial charge in [-0.05, 0) is 92.6 Å². The summed E-state index contributed by atoms with van der Waals surface area (Å²) in [5, 5.41) is 25.6. The predicted molar refractivity (Wildman–Crippen MR) is 223 cm³/mol. The number of carbonyl (C=O) groups excluding carboxylic acids is 1. The average Bonchev–Trinajstić information content (AvgIpc) is 4.11. The van der Waals surface area contributed by atoms with Crippen LogP contribution in [0.1, 0.15) is 62.5 Å². The first-order valence-electron chi connectivity index (χ1n) is 21.3. The number of hydrogen-bond donors (Lipinski definition) is 4. The van der Waals surface area contributed by atoms with E-state index in [2.05, 4.69) is 41.9 Å². The van der Waals surface area contributed by atoms with Gasteiger partial charge in [0.1, 0.15) is 11.3 Å². The van der Waals surface area contributed by atoms with Crippen LogP contribution in [0.4, 0.5) is 26.3 Å². The van der Waals surface area contributed by atoms with Crippen molar-refractivity contribution >= 4 is 25.6 Å². The molecular formula is C43H43F6N8O8S2+. The number of benzene rings is 2. The van der Waals surface area contributed by atoms with Crippen molar-refractivity contribution in [2.24, 2.45) is 11.8 Å². The van der Waals surface area contributed by atoms with E-state index in [4.69, 9.17) is 14.2 Å². The minimum absolute atomic E-state index is 0.0574. The Morgan fingerprint density at radius 1 is 0.821 bits per heavy atom. The first kappa shape index (κ1) is 46.7. The molecule has 2 aromatic carbocycles. The molecule has 4 aromatic rings. The molecule has 7 atom stereocenters. The van der Waals surface area contributed by atoms with E-state index < -0.39 is 123 Å². The number of nitrogens with zero attached hydrogens (tertiary/aromatic N) is 4. The lowest BCUT2D eigenvalue weighted by atomic mass is 9.95. The topological polar surface area (TPSA) is 226 Å². The van der Waals surface area contributed by atoms with Crippen LogP contribution in [0.3, 0.4) is 0 Å². The van der Waals surface area contributed by atoms with E-state index in [0.29, 0.717) is 25.7 Å². The molecule has 5 aliphatic rings. The maximum absolute atomic E-state index is 14.5. The number of aromatic nitrogens is 4. The number of sulfone groups is 2. The van der Waals surface area contributed by atoms with Crippen molar-refractivity contribution in [3.63, 3.8) is 0 Å². The van der Waals surface area contributed by atoms with Crippen molar-refractivity contribution in [2.45, 2.75) is 113 Å². The van der Waals surface area contributed by atoms with Crippen LogP contribution < -0.4 is 10.6 Å². The van der Waals surface area contributed by atoms with E-state index in [1.165, 1.54) is 43.8 Å². The van der Waals surface area contributed by atoms with Gasteiger partial charge in [0.2, 0.25) is 5.91 Å². The summed E-state index contributed by atoms with van der Waals surface area (Å²) in [6.45, 7) is -0.322. The summed E-state index contributed by atoms with van der Waals surface area (Å²) >= 11 is 0. The Hall–Kier alpha value is -5.37. The number of alkyl halides is 6. The minimum Gasteiger partial charge on any atom is -0.381 e. The highest BCUT2D eigenvalue weighted by Crippen LogP contribution is 2.51. The van der Waals surface area contributed by atoms with Crippen molar-refractivity contribution in [3.8, 4) is 34.7 Å². The molecule has 24 heteroatoms. The fraction of sp³-hybridized carbons (Fsp3) is 0.512. The lowest BCUT2D eigenvalue weighted by Gasteiger charge is -2.27. The largest absolute Gasteiger partial charge is 0.417 e. The van der Waals surface area contributed by atoms with Gasteiger partial charge in [0.25, 0.3) is 6.07 Å². The average molecular weight is 978 g/mol. The number of nitrogens with one attached hydrogen (secondary N) is 4. The standard InChI is InChI=1S/C43H42F6N8O8S2/c1-63-35-19-27(67(61,62)37-5-3-25(33-7-13-53-56-33)15-31(37)43(47,48)49)17-29(35)41(22-65-41)57-40(10-11-40)21-51-23-64-34-18-26(16-28(34)38(58)54-39(20-50)8-9-39)66(59,60)36-4-2-24(32-6-12-52-55-32)14-30(36)42(44,45)46/h2-7,12-15,26-29,34-35,57H,8-11,16-19,22-23H2,1H3,(H2-,52,53,54,55,56,58)/p+1/t26-,27?,28-,29+,34-,35+,41?/m0/s1. The molecule has 0 bridgehead atoms. The fourth-order valence-corrected chi connectivity index (χ4v) is 13.4.